The number of hydrogen-bond acceptors (Lipinski definition) is 10. The number of unbranched alkanes of at least 4 members (excludes halogenated alkanes) is 33. The van der Waals surface area contributed by atoms with Gasteiger partial charge in [0.1, 0.15) is 57.5 Å². The Hall–Kier alpha value is -7.92. The molecule has 5 rings (SSSR count). The maximum atomic E-state index is 6.60. The van der Waals surface area contributed by atoms with Gasteiger partial charge in [0, 0.05) is 29.8 Å². The second-order valence-corrected chi connectivity index (χ2v) is 35.9. The van der Waals surface area contributed by atoms with E-state index in [0.29, 0.717) is 64.0 Å². The summed E-state index contributed by atoms with van der Waals surface area (Å²) in [5.41, 5.74) is 9.40. The minimum absolute atomic E-state index is 0.520. The van der Waals surface area contributed by atoms with Gasteiger partial charge in [-0.2, -0.15) is 0 Å². The van der Waals surface area contributed by atoms with Gasteiger partial charge in [-0.15, -0.1) is 11.8 Å². The van der Waals surface area contributed by atoms with Gasteiger partial charge in [-0.1, -0.05) is 381 Å². The van der Waals surface area contributed by atoms with E-state index in [-0.39, 0.29) is 0 Å². The summed E-state index contributed by atoms with van der Waals surface area (Å²) in [6.07, 6.45) is 62.5. The van der Waals surface area contributed by atoms with Crippen molar-refractivity contribution in [3.05, 3.63) is 122 Å². The third-order valence-corrected chi connectivity index (χ3v) is 24.4. The molecule has 0 fully saturated rings. The molecule has 10 nitrogen and oxygen atoms in total. The Morgan fingerprint density at radius 1 is 0.240 bits per heavy atom. The average molecular weight is 1780 g/mol. The third kappa shape index (κ3) is 51.6. The summed E-state index contributed by atoms with van der Waals surface area (Å²) in [5.74, 6) is 36.9. The lowest BCUT2D eigenvalue weighted by Gasteiger charge is -2.20. The molecule has 0 aliphatic heterocycles. The van der Waals surface area contributed by atoms with Crippen molar-refractivity contribution in [2.45, 2.75) is 433 Å². The van der Waals surface area contributed by atoms with E-state index < -0.39 is 0 Å². The van der Waals surface area contributed by atoms with E-state index in [0.717, 1.165) is 178 Å². The third-order valence-electron chi connectivity index (χ3n) is 24.4. The molecule has 10 heteroatoms. The lowest BCUT2D eigenvalue weighted by atomic mass is 10.00. The van der Waals surface area contributed by atoms with E-state index in [1.165, 1.54) is 257 Å². The Balaban J connectivity index is 0.000000544. The van der Waals surface area contributed by atoms with Crippen LogP contribution in [0, 0.1) is 85.9 Å². The number of aryl methyl sites for hydroxylation is 3. The number of ether oxygens (including phenoxy) is 10. The largest absolute Gasteiger partial charge is 0.496 e. The summed E-state index contributed by atoms with van der Waals surface area (Å²) < 4.78 is 63.2. The molecule has 129 heavy (non-hydrogen) atoms. The van der Waals surface area contributed by atoms with Crippen LogP contribution < -0.4 is 47.4 Å². The van der Waals surface area contributed by atoms with Crippen LogP contribution in [-0.2, 0) is 0 Å². The molecule has 0 aromatic heterocycles. The first-order valence-electron chi connectivity index (χ1n) is 52.7. The van der Waals surface area contributed by atoms with Gasteiger partial charge in [-0.05, 0) is 170 Å². The van der Waals surface area contributed by atoms with Crippen LogP contribution in [0.1, 0.15) is 468 Å². The van der Waals surface area contributed by atoms with Gasteiger partial charge in [-0.3, -0.25) is 0 Å². The second kappa shape index (κ2) is 77.7. The van der Waals surface area contributed by atoms with Crippen LogP contribution in [0.25, 0.3) is 6.08 Å². The number of rotatable bonds is 71. The number of benzene rings is 5. The van der Waals surface area contributed by atoms with Crippen molar-refractivity contribution >= 4 is 6.08 Å². The summed E-state index contributed by atoms with van der Waals surface area (Å²) in [4.78, 5) is 0. The van der Waals surface area contributed by atoms with Crippen LogP contribution >= 0.6 is 0 Å². The summed E-state index contributed by atoms with van der Waals surface area (Å²) >= 11 is 0. The monoisotopic (exact) mass is 1780 g/mol. The first kappa shape index (κ1) is 115. The highest BCUT2D eigenvalue weighted by Crippen LogP contribution is 2.37. The van der Waals surface area contributed by atoms with Crippen LogP contribution in [-0.4, -0.2) is 66.6 Å². The zero-order valence-corrected chi connectivity index (χ0v) is 86.0. The molecule has 3 unspecified atom stereocenters. The predicted molar refractivity (Wildman–Crippen MR) is 554 cm³/mol. The summed E-state index contributed by atoms with van der Waals surface area (Å²) in [6, 6.07) is 20.7. The summed E-state index contributed by atoms with van der Waals surface area (Å²) in [7, 11) is 1.71. The topological polar surface area (TPSA) is 92.3 Å². The summed E-state index contributed by atoms with van der Waals surface area (Å²) in [5, 5.41) is 0. The van der Waals surface area contributed by atoms with Gasteiger partial charge in [0.25, 0.3) is 0 Å². The lowest BCUT2D eigenvalue weighted by molar-refractivity contribution is 0.226. The van der Waals surface area contributed by atoms with Crippen molar-refractivity contribution in [1.29, 1.82) is 0 Å². The van der Waals surface area contributed by atoms with Crippen LogP contribution in [0.15, 0.2) is 66.7 Å². The highest BCUT2D eigenvalue weighted by Gasteiger charge is 2.20. The minimum atomic E-state index is 0.520. The number of methoxy groups -OCH3 is 1. The molecule has 0 N–H and O–H groups in total. The maximum Gasteiger partial charge on any atom is 0.136 e. The molecule has 0 saturated carbocycles. The Kier molecular flexibility index (Phi) is 69.4. The zero-order chi connectivity index (χ0) is 93.8. The van der Waals surface area contributed by atoms with Gasteiger partial charge in [0.05, 0.1) is 100.0 Å². The Morgan fingerprint density at radius 2 is 0.457 bits per heavy atom. The van der Waals surface area contributed by atoms with E-state index in [2.05, 4.69) is 194 Å². The van der Waals surface area contributed by atoms with Crippen molar-refractivity contribution in [3.8, 4) is 105 Å². The first-order chi connectivity index (χ1) is 63.2. The van der Waals surface area contributed by atoms with Crippen LogP contribution in [0.5, 0.6) is 57.5 Å². The fraction of sp³-hybridized carbons (Fsp3) is 0.664. The SMILES string of the molecule is C/C=C/c1cc(OC)c(C)cc1OCC(CC)CCCC.CC#Cc1cc(OCCCCCCCC)c(C#Cc2cc(OCC(CC)CCCC)c(C)cc2OCC(CC)CCCC)cc1OCCCCCCCC.CC#Cc1cc(OCCCCCCCC)c(C#Cc2cc(OCCCCCCCC)c(C)cc2OCCCCCCCC)cc1OCCCCCCCC. The second-order valence-electron chi connectivity index (χ2n) is 35.9. The minimum Gasteiger partial charge on any atom is -0.496 e. The fourth-order valence-corrected chi connectivity index (χ4v) is 15.6. The highest BCUT2D eigenvalue weighted by atomic mass is 16.5. The molecule has 0 aliphatic carbocycles. The number of hydrogen-bond donors (Lipinski definition) is 0. The molecular weight excluding hydrogens is 1590 g/mol. The smallest absolute Gasteiger partial charge is 0.136 e. The molecule has 0 amide bonds. The maximum absolute atomic E-state index is 6.60. The van der Waals surface area contributed by atoms with E-state index in [1.807, 2.05) is 51.1 Å². The Bertz CT molecular complexity index is 3980. The summed E-state index contributed by atoms with van der Waals surface area (Å²) in [6.45, 7) is 45.4. The van der Waals surface area contributed by atoms with Gasteiger partial charge in [-0.25, -0.2) is 0 Å². The Labute approximate surface area is 793 Å². The molecule has 5 aromatic rings. The predicted octanol–water partition coefficient (Wildman–Crippen LogP) is 34.8. The van der Waals surface area contributed by atoms with Crippen LogP contribution in [0.2, 0.25) is 0 Å². The van der Waals surface area contributed by atoms with Gasteiger partial charge in [0.15, 0.2) is 0 Å². The molecule has 0 radical (unpaired) electrons. The molecule has 3 atom stereocenters. The normalized spacial score (nSPS) is 11.5. The van der Waals surface area contributed by atoms with E-state index in [9.17, 15) is 0 Å². The number of allylic oxidation sites excluding steroid dienone is 1. The quantitative estimate of drug-likeness (QED) is 0.0277. The van der Waals surface area contributed by atoms with Crippen molar-refractivity contribution < 1.29 is 47.4 Å². The fourth-order valence-electron chi connectivity index (χ4n) is 15.6. The van der Waals surface area contributed by atoms with E-state index >= 15 is 0 Å². The lowest BCUT2D eigenvalue weighted by Crippen LogP contribution is -2.13. The van der Waals surface area contributed by atoms with Gasteiger partial charge in [0.2, 0.25) is 0 Å². The van der Waals surface area contributed by atoms with Crippen molar-refractivity contribution in [2.24, 2.45) is 17.8 Å². The molecule has 0 spiro atoms. The van der Waals surface area contributed by atoms with Crippen LogP contribution in [0.4, 0.5) is 0 Å². The molecule has 0 saturated heterocycles. The molecule has 722 valence electrons. The standard InChI is InChI=1S/2C50H78O4.C19H30O2/c1-9-16-20-22-24-26-33-51-49-38-46(50(37-44(49)28-13-5)52-34-27-25-23-21-17-10-2)32-31-45-36-47(53-39-42(14-6)29-18-11-3)41(8)35-48(45)54-40-43(15-7)30-19-12-4;1-7-12-16-20-24-28-35-51-47-40-45(48(39-43(47)6)52-36-29-25-21-17-13-8-2)33-34-46-42-49(53-37-30-26-22-18-14-9-3)44(32-11-5)41-50(46)54-38-31-27-23-19-15-10-4;1-6-9-11-16(8-3)14-21-19-12-15(4)18(20-5)13-17(19)10-7-2/h35-38,42-43H,9-12,14-27,29-30,33-34,39-40H2,1-8H3;39-42H,7-10,12-31,35-38H2,1-6H3;7,10,12-13,16H,6,8-9,11,14H2,1-5H3/b;;10-7+. The Morgan fingerprint density at radius 3 is 0.729 bits per heavy atom. The molecule has 0 bridgehead atoms. The molecule has 0 heterocycles. The van der Waals surface area contributed by atoms with Crippen molar-refractivity contribution in [3.63, 3.8) is 0 Å². The van der Waals surface area contributed by atoms with E-state index in [4.69, 9.17) is 47.4 Å². The van der Waals surface area contributed by atoms with E-state index in [1.54, 1.807) is 7.11 Å². The van der Waals surface area contributed by atoms with Gasteiger partial charge < -0.3 is 47.4 Å². The molecular formula is C119H186O10. The van der Waals surface area contributed by atoms with Crippen LogP contribution in [0.3, 0.4) is 0 Å². The average Bonchev–Trinajstić information content (AvgIpc) is 0.829. The van der Waals surface area contributed by atoms with Crippen molar-refractivity contribution in [1.82, 2.24) is 0 Å². The first-order valence-corrected chi connectivity index (χ1v) is 52.7. The molecule has 0 aliphatic rings. The highest BCUT2D eigenvalue weighted by molar-refractivity contribution is 5.64. The zero-order valence-electron chi connectivity index (χ0n) is 86.0. The molecule has 5 aromatic carbocycles. The van der Waals surface area contributed by atoms with Crippen molar-refractivity contribution in [2.75, 3.05) is 66.6 Å². The van der Waals surface area contributed by atoms with Gasteiger partial charge >= 0.3 is 0 Å².